The molecule has 0 N–H and O–H groups in total. The number of hydrogen-bond acceptors (Lipinski definition) is 3. The lowest BCUT2D eigenvalue weighted by atomic mass is 9.83. The summed E-state index contributed by atoms with van der Waals surface area (Å²) in [4.78, 5) is 2.43. The van der Waals surface area contributed by atoms with Crippen LogP contribution in [0.25, 0.3) is 0 Å². The molecule has 4 nitrogen and oxygen atoms in total. The van der Waals surface area contributed by atoms with Crippen LogP contribution < -0.4 is 0 Å². The van der Waals surface area contributed by atoms with E-state index in [0.29, 0.717) is 24.3 Å². The van der Waals surface area contributed by atoms with Crippen LogP contribution in [0.2, 0.25) is 0 Å². The summed E-state index contributed by atoms with van der Waals surface area (Å²) < 4.78 is 26.5. The number of sulfonamides is 1. The van der Waals surface area contributed by atoms with E-state index in [1.165, 1.54) is 12.8 Å². The molecule has 2 aliphatic rings. The maximum atomic E-state index is 12.4. The van der Waals surface area contributed by atoms with E-state index < -0.39 is 10.0 Å². The molecule has 0 radical (unpaired) electrons. The highest BCUT2D eigenvalue weighted by molar-refractivity contribution is 7.89. The number of likely N-dealkylation sites (tertiary alicyclic amines) is 1. The molecule has 0 bridgehead atoms. The second-order valence-electron chi connectivity index (χ2n) is 7.76. The largest absolute Gasteiger partial charge is 0.303 e. The molecular formula is C16H32N2O2S. The minimum absolute atomic E-state index is 0.302. The fraction of sp³-hybridized carbons (Fsp3) is 1.00. The van der Waals surface area contributed by atoms with Gasteiger partial charge in [0.2, 0.25) is 10.0 Å². The molecule has 2 fully saturated rings. The number of rotatable bonds is 5. The Morgan fingerprint density at radius 1 is 1.05 bits per heavy atom. The summed E-state index contributed by atoms with van der Waals surface area (Å²) in [6.07, 6.45) is 5.25. The van der Waals surface area contributed by atoms with Gasteiger partial charge in [0.05, 0.1) is 5.75 Å². The molecule has 0 atom stereocenters. The average molecular weight is 317 g/mol. The summed E-state index contributed by atoms with van der Waals surface area (Å²) in [5.74, 6) is 1.15. The first-order valence-electron chi connectivity index (χ1n) is 8.49. The Morgan fingerprint density at radius 2 is 1.62 bits per heavy atom. The lowest BCUT2D eigenvalue weighted by Gasteiger charge is -2.36. The molecule has 2 saturated heterocycles. The zero-order chi connectivity index (χ0) is 15.5. The normalized spacial score (nSPS) is 26.0. The third-order valence-corrected chi connectivity index (χ3v) is 7.18. The van der Waals surface area contributed by atoms with Gasteiger partial charge in [0, 0.05) is 13.1 Å². The molecule has 0 unspecified atom stereocenters. The Labute approximate surface area is 130 Å². The molecule has 124 valence electrons. The Balaban J connectivity index is 1.72. The highest BCUT2D eigenvalue weighted by Crippen LogP contribution is 2.31. The molecule has 0 saturated carbocycles. The minimum atomic E-state index is -3.04. The Kier molecular flexibility index (Phi) is 5.71. The van der Waals surface area contributed by atoms with E-state index in [1.807, 2.05) is 0 Å². The highest BCUT2D eigenvalue weighted by Gasteiger charge is 2.31. The van der Waals surface area contributed by atoms with Crippen LogP contribution in [0.5, 0.6) is 0 Å². The van der Waals surface area contributed by atoms with Crippen LogP contribution >= 0.6 is 0 Å². The molecule has 0 aromatic heterocycles. The Morgan fingerprint density at radius 3 is 2.19 bits per heavy atom. The number of nitrogens with zero attached hydrogens (tertiary/aromatic N) is 2. The van der Waals surface area contributed by atoms with Gasteiger partial charge in [-0.3, -0.25) is 0 Å². The van der Waals surface area contributed by atoms with Crippen molar-refractivity contribution < 1.29 is 8.42 Å². The molecule has 2 aliphatic heterocycles. The summed E-state index contributed by atoms with van der Waals surface area (Å²) in [6.45, 7) is 11.4. The number of piperidine rings is 2. The van der Waals surface area contributed by atoms with Gasteiger partial charge in [0.15, 0.2) is 0 Å². The third kappa shape index (κ3) is 5.22. The molecule has 0 amide bonds. The van der Waals surface area contributed by atoms with Gasteiger partial charge in [-0.1, -0.05) is 20.8 Å². The monoisotopic (exact) mass is 316 g/mol. The van der Waals surface area contributed by atoms with Crippen molar-refractivity contribution in [3.05, 3.63) is 0 Å². The summed E-state index contributed by atoms with van der Waals surface area (Å²) >= 11 is 0. The molecule has 0 spiro atoms. The van der Waals surface area contributed by atoms with Crippen molar-refractivity contribution in [3.8, 4) is 0 Å². The van der Waals surface area contributed by atoms with Gasteiger partial charge < -0.3 is 4.90 Å². The highest BCUT2D eigenvalue weighted by atomic mass is 32.2. The molecule has 0 aliphatic carbocycles. The smallest absolute Gasteiger partial charge is 0.214 e. The van der Waals surface area contributed by atoms with Crippen molar-refractivity contribution in [1.29, 1.82) is 0 Å². The van der Waals surface area contributed by atoms with Crippen LogP contribution in [0.1, 0.15) is 52.9 Å². The second kappa shape index (κ2) is 6.97. The standard InChI is InChI=1S/C16H32N2O2S/c1-15-5-10-17(11-6-15)9-4-14-21(19,20)18-12-7-16(2,3)8-13-18/h15H,4-14H2,1-3H3. The van der Waals surface area contributed by atoms with Crippen LogP contribution in [-0.4, -0.2) is 56.1 Å². The number of hydrogen-bond donors (Lipinski definition) is 0. The molecule has 21 heavy (non-hydrogen) atoms. The quantitative estimate of drug-likeness (QED) is 0.783. The van der Waals surface area contributed by atoms with Gasteiger partial charge in [-0.2, -0.15) is 0 Å². The van der Waals surface area contributed by atoms with Crippen molar-refractivity contribution in [2.45, 2.75) is 52.9 Å². The SMILES string of the molecule is CC1CCN(CCCS(=O)(=O)N2CCC(C)(C)CC2)CC1. The predicted octanol–water partition coefficient (Wildman–Crippen LogP) is 2.56. The van der Waals surface area contributed by atoms with Crippen LogP contribution in [-0.2, 0) is 10.0 Å². The first kappa shape index (κ1) is 17.2. The average Bonchev–Trinajstić information content (AvgIpc) is 2.40. The van der Waals surface area contributed by atoms with Crippen LogP contribution in [0.3, 0.4) is 0 Å². The minimum Gasteiger partial charge on any atom is -0.303 e. The van der Waals surface area contributed by atoms with E-state index in [0.717, 1.165) is 44.8 Å². The lowest BCUT2D eigenvalue weighted by molar-refractivity contribution is 0.189. The summed E-state index contributed by atoms with van der Waals surface area (Å²) in [5, 5.41) is 0. The van der Waals surface area contributed by atoms with Crippen molar-refractivity contribution in [3.63, 3.8) is 0 Å². The topological polar surface area (TPSA) is 40.6 Å². The van der Waals surface area contributed by atoms with E-state index >= 15 is 0 Å². The van der Waals surface area contributed by atoms with E-state index in [9.17, 15) is 8.42 Å². The maximum absolute atomic E-state index is 12.4. The molecule has 5 heteroatoms. The van der Waals surface area contributed by atoms with Gasteiger partial charge in [-0.15, -0.1) is 0 Å². The maximum Gasteiger partial charge on any atom is 0.214 e. The molecule has 0 aromatic rings. The first-order valence-corrected chi connectivity index (χ1v) is 10.1. The molecule has 2 heterocycles. The van der Waals surface area contributed by atoms with Gasteiger partial charge in [-0.25, -0.2) is 12.7 Å². The van der Waals surface area contributed by atoms with Crippen molar-refractivity contribution >= 4 is 10.0 Å². The van der Waals surface area contributed by atoms with Gasteiger partial charge in [-0.05, 0) is 63.1 Å². The van der Waals surface area contributed by atoms with E-state index in [2.05, 4.69) is 25.7 Å². The van der Waals surface area contributed by atoms with Gasteiger partial charge in [0.1, 0.15) is 0 Å². The van der Waals surface area contributed by atoms with Crippen molar-refractivity contribution in [1.82, 2.24) is 9.21 Å². The lowest BCUT2D eigenvalue weighted by Crippen LogP contribution is -2.42. The Bertz CT molecular complexity index is 416. The van der Waals surface area contributed by atoms with Crippen molar-refractivity contribution in [2.75, 3.05) is 38.5 Å². The van der Waals surface area contributed by atoms with Gasteiger partial charge in [0.25, 0.3) is 0 Å². The molecule has 2 rings (SSSR count). The van der Waals surface area contributed by atoms with E-state index in [-0.39, 0.29) is 0 Å². The van der Waals surface area contributed by atoms with E-state index in [4.69, 9.17) is 0 Å². The summed E-state index contributed by atoms with van der Waals surface area (Å²) in [5.41, 5.74) is 0.302. The first-order chi connectivity index (χ1) is 9.78. The fourth-order valence-corrected chi connectivity index (χ4v) is 4.75. The predicted molar refractivity (Wildman–Crippen MR) is 87.8 cm³/mol. The van der Waals surface area contributed by atoms with E-state index in [1.54, 1.807) is 4.31 Å². The van der Waals surface area contributed by atoms with Crippen LogP contribution in [0.15, 0.2) is 0 Å². The summed E-state index contributed by atoms with van der Waals surface area (Å²) in [7, 11) is -3.04. The molecule has 0 aromatic carbocycles. The zero-order valence-corrected chi connectivity index (χ0v) is 14.8. The second-order valence-corrected chi connectivity index (χ2v) is 9.85. The Hall–Kier alpha value is -0.130. The third-order valence-electron chi connectivity index (χ3n) is 5.22. The summed E-state index contributed by atoms with van der Waals surface area (Å²) in [6, 6.07) is 0. The van der Waals surface area contributed by atoms with Crippen LogP contribution in [0.4, 0.5) is 0 Å². The van der Waals surface area contributed by atoms with Crippen molar-refractivity contribution in [2.24, 2.45) is 11.3 Å². The molecular weight excluding hydrogens is 284 g/mol. The van der Waals surface area contributed by atoms with Crippen LogP contribution in [0, 0.1) is 11.3 Å². The zero-order valence-electron chi connectivity index (χ0n) is 14.0. The fourth-order valence-electron chi connectivity index (χ4n) is 3.26. The van der Waals surface area contributed by atoms with Gasteiger partial charge >= 0.3 is 0 Å².